The molecule has 0 aromatic carbocycles. The summed E-state index contributed by atoms with van der Waals surface area (Å²) in [5, 5.41) is 0. The number of likely N-dealkylation sites (tertiary alicyclic amines) is 1. The smallest absolute Gasteiger partial charge is 0.324 e. The third-order valence-corrected chi connectivity index (χ3v) is 2.59. The van der Waals surface area contributed by atoms with Crippen LogP contribution < -0.4 is 5.73 Å². The van der Waals surface area contributed by atoms with Gasteiger partial charge in [-0.05, 0) is 12.8 Å². The molecule has 1 unspecified atom stereocenters. The van der Waals surface area contributed by atoms with E-state index in [1.165, 1.54) is 7.11 Å². The second-order valence-electron chi connectivity index (χ2n) is 3.78. The van der Waals surface area contributed by atoms with Gasteiger partial charge in [0.25, 0.3) is 0 Å². The van der Waals surface area contributed by atoms with Crippen LogP contribution in [0.15, 0.2) is 0 Å². The van der Waals surface area contributed by atoms with E-state index in [0.29, 0.717) is 13.0 Å². The quantitative estimate of drug-likeness (QED) is 0.665. The molecule has 5 heteroatoms. The van der Waals surface area contributed by atoms with Gasteiger partial charge in [-0.25, -0.2) is 0 Å². The molecule has 0 saturated carbocycles. The fourth-order valence-electron chi connectivity index (χ4n) is 1.69. The molecule has 15 heavy (non-hydrogen) atoms. The Bertz CT molecular complexity index is 243. The Morgan fingerprint density at radius 2 is 2.27 bits per heavy atom. The molecule has 0 spiro atoms. The van der Waals surface area contributed by atoms with Crippen LogP contribution in [0.4, 0.5) is 0 Å². The monoisotopic (exact) mass is 214 g/mol. The van der Waals surface area contributed by atoms with Crippen molar-refractivity contribution in [2.24, 2.45) is 5.73 Å². The Labute approximate surface area is 89.6 Å². The molecule has 2 N–H and O–H groups in total. The minimum atomic E-state index is -0.725. The van der Waals surface area contributed by atoms with Gasteiger partial charge in [0.2, 0.25) is 5.91 Å². The molecule has 0 aromatic heterocycles. The summed E-state index contributed by atoms with van der Waals surface area (Å²) in [6, 6.07) is -0.725. The lowest BCUT2D eigenvalue weighted by atomic mass is 10.2. The van der Waals surface area contributed by atoms with Gasteiger partial charge in [0.15, 0.2) is 0 Å². The van der Waals surface area contributed by atoms with Gasteiger partial charge in [0, 0.05) is 19.5 Å². The summed E-state index contributed by atoms with van der Waals surface area (Å²) in [6.07, 6.45) is 3.55. The number of methoxy groups -OCH3 is 1. The molecule has 1 heterocycles. The molecule has 5 nitrogen and oxygen atoms in total. The largest absolute Gasteiger partial charge is 0.468 e. The number of amides is 1. The van der Waals surface area contributed by atoms with Crippen LogP contribution in [0.25, 0.3) is 0 Å². The van der Waals surface area contributed by atoms with Crippen LogP contribution in [0.2, 0.25) is 0 Å². The standard InChI is InChI=1S/C10H18N2O3/c1-15-10(14)8(11)7-12-6-4-2-3-5-9(12)13/h8H,2-7,11H2,1H3. The third-order valence-electron chi connectivity index (χ3n) is 2.59. The summed E-state index contributed by atoms with van der Waals surface area (Å²) in [5.74, 6) is -0.376. The third kappa shape index (κ3) is 3.51. The number of nitrogens with two attached hydrogens (primary N) is 1. The lowest BCUT2D eigenvalue weighted by molar-refractivity contribution is -0.143. The van der Waals surface area contributed by atoms with Gasteiger partial charge in [-0.2, -0.15) is 0 Å². The normalized spacial score (nSPS) is 19.6. The lowest BCUT2D eigenvalue weighted by Gasteiger charge is -2.22. The summed E-state index contributed by atoms with van der Waals surface area (Å²) in [4.78, 5) is 24.3. The second-order valence-corrected chi connectivity index (χ2v) is 3.78. The Hall–Kier alpha value is -1.10. The van der Waals surface area contributed by atoms with Crippen LogP contribution in [-0.2, 0) is 14.3 Å². The van der Waals surface area contributed by atoms with Crippen LogP contribution in [0, 0.1) is 0 Å². The minimum Gasteiger partial charge on any atom is -0.468 e. The van der Waals surface area contributed by atoms with Crippen molar-refractivity contribution >= 4 is 11.9 Å². The first-order valence-corrected chi connectivity index (χ1v) is 5.26. The molecular formula is C10H18N2O3. The minimum absolute atomic E-state index is 0.0897. The molecule has 1 rings (SSSR count). The van der Waals surface area contributed by atoms with E-state index in [2.05, 4.69) is 4.74 Å². The summed E-state index contributed by atoms with van der Waals surface area (Å²) < 4.78 is 4.52. The van der Waals surface area contributed by atoms with Crippen molar-refractivity contribution in [1.82, 2.24) is 4.90 Å². The molecule has 1 aliphatic heterocycles. The zero-order chi connectivity index (χ0) is 11.3. The van der Waals surface area contributed by atoms with E-state index in [9.17, 15) is 9.59 Å². The molecule has 0 aromatic rings. The van der Waals surface area contributed by atoms with E-state index in [4.69, 9.17) is 5.73 Å². The summed E-state index contributed by atoms with van der Waals surface area (Å²) in [5.41, 5.74) is 5.60. The van der Waals surface area contributed by atoms with E-state index in [0.717, 1.165) is 19.3 Å². The molecule has 0 aliphatic carbocycles. The summed E-state index contributed by atoms with van der Waals surface area (Å²) in [6.45, 7) is 0.967. The van der Waals surface area contributed by atoms with Crippen LogP contribution in [0.1, 0.15) is 25.7 Å². The molecule has 0 bridgehead atoms. The van der Waals surface area contributed by atoms with Crippen molar-refractivity contribution in [3.63, 3.8) is 0 Å². The number of hydrogen-bond donors (Lipinski definition) is 1. The van der Waals surface area contributed by atoms with Gasteiger partial charge in [0.05, 0.1) is 7.11 Å². The van der Waals surface area contributed by atoms with Crippen molar-refractivity contribution in [3.8, 4) is 0 Å². The number of hydrogen-bond acceptors (Lipinski definition) is 4. The Balaban J connectivity index is 2.47. The van der Waals surface area contributed by atoms with Gasteiger partial charge < -0.3 is 15.4 Å². The molecule has 1 amide bonds. The van der Waals surface area contributed by atoms with E-state index in [1.807, 2.05) is 0 Å². The molecule has 86 valence electrons. The summed E-state index contributed by atoms with van der Waals surface area (Å²) >= 11 is 0. The molecular weight excluding hydrogens is 196 g/mol. The molecule has 0 radical (unpaired) electrons. The number of nitrogens with zero attached hydrogens (tertiary/aromatic N) is 1. The van der Waals surface area contributed by atoms with Crippen molar-refractivity contribution in [3.05, 3.63) is 0 Å². The average Bonchev–Trinajstić information content (AvgIpc) is 2.43. The van der Waals surface area contributed by atoms with Crippen molar-refractivity contribution in [2.45, 2.75) is 31.7 Å². The Morgan fingerprint density at radius 3 is 2.93 bits per heavy atom. The van der Waals surface area contributed by atoms with Crippen molar-refractivity contribution < 1.29 is 14.3 Å². The highest BCUT2D eigenvalue weighted by Gasteiger charge is 2.22. The van der Waals surface area contributed by atoms with Gasteiger partial charge >= 0.3 is 5.97 Å². The fourth-order valence-corrected chi connectivity index (χ4v) is 1.69. The van der Waals surface area contributed by atoms with Crippen LogP contribution in [-0.4, -0.2) is 43.0 Å². The average molecular weight is 214 g/mol. The highest BCUT2D eigenvalue weighted by Crippen LogP contribution is 2.11. The first-order chi connectivity index (χ1) is 7.15. The maximum absolute atomic E-state index is 11.6. The van der Waals surface area contributed by atoms with Crippen LogP contribution in [0.3, 0.4) is 0 Å². The number of carbonyl (C=O) groups is 2. The maximum Gasteiger partial charge on any atom is 0.324 e. The topological polar surface area (TPSA) is 72.6 Å². The SMILES string of the molecule is COC(=O)C(N)CN1CCCCCC1=O. The van der Waals surface area contributed by atoms with Gasteiger partial charge in [-0.15, -0.1) is 0 Å². The van der Waals surface area contributed by atoms with E-state index >= 15 is 0 Å². The Morgan fingerprint density at radius 1 is 1.53 bits per heavy atom. The van der Waals surface area contributed by atoms with Crippen LogP contribution in [0.5, 0.6) is 0 Å². The highest BCUT2D eigenvalue weighted by molar-refractivity contribution is 5.79. The molecule has 1 fully saturated rings. The number of rotatable bonds is 3. The highest BCUT2D eigenvalue weighted by atomic mass is 16.5. The molecule has 1 saturated heterocycles. The van der Waals surface area contributed by atoms with Crippen molar-refractivity contribution in [1.29, 1.82) is 0 Å². The summed E-state index contributed by atoms with van der Waals surface area (Å²) in [7, 11) is 1.30. The molecule has 1 atom stereocenters. The first-order valence-electron chi connectivity index (χ1n) is 5.26. The van der Waals surface area contributed by atoms with E-state index in [-0.39, 0.29) is 12.5 Å². The fraction of sp³-hybridized carbons (Fsp3) is 0.800. The number of ether oxygens (including phenoxy) is 1. The van der Waals surface area contributed by atoms with Crippen molar-refractivity contribution in [2.75, 3.05) is 20.2 Å². The Kier molecular flexibility index (Phi) is 4.55. The predicted molar refractivity (Wildman–Crippen MR) is 55.0 cm³/mol. The number of carbonyl (C=O) groups excluding carboxylic acids is 2. The first kappa shape index (κ1) is 12.0. The van der Waals surface area contributed by atoms with Crippen LogP contribution >= 0.6 is 0 Å². The zero-order valence-corrected chi connectivity index (χ0v) is 9.07. The van der Waals surface area contributed by atoms with E-state index < -0.39 is 12.0 Å². The lowest BCUT2D eigenvalue weighted by Crippen LogP contribution is -2.45. The second kappa shape index (κ2) is 5.70. The molecule has 1 aliphatic rings. The predicted octanol–water partition coefficient (Wildman–Crippen LogP) is -0.111. The maximum atomic E-state index is 11.6. The van der Waals surface area contributed by atoms with E-state index in [1.54, 1.807) is 4.90 Å². The van der Waals surface area contributed by atoms with Gasteiger partial charge in [0.1, 0.15) is 6.04 Å². The van der Waals surface area contributed by atoms with Gasteiger partial charge in [-0.1, -0.05) is 6.42 Å². The van der Waals surface area contributed by atoms with Gasteiger partial charge in [-0.3, -0.25) is 9.59 Å². The number of esters is 1. The zero-order valence-electron chi connectivity index (χ0n) is 9.07.